The van der Waals surface area contributed by atoms with E-state index in [4.69, 9.17) is 4.74 Å². The first kappa shape index (κ1) is 19.9. The highest BCUT2D eigenvalue weighted by Gasteiger charge is 2.41. The van der Waals surface area contributed by atoms with E-state index in [1.165, 1.54) is 5.56 Å². The van der Waals surface area contributed by atoms with Crippen LogP contribution in [0.2, 0.25) is 0 Å². The Morgan fingerprint density at radius 1 is 1.06 bits per heavy atom. The number of hydrogen-bond acceptors (Lipinski definition) is 5. The van der Waals surface area contributed by atoms with Gasteiger partial charge < -0.3 is 14.5 Å². The zero-order chi connectivity index (χ0) is 21.2. The molecule has 0 N–H and O–H groups in total. The average Bonchev–Trinajstić information content (AvgIpc) is 3.06. The quantitative estimate of drug-likeness (QED) is 0.573. The highest BCUT2D eigenvalue weighted by atomic mass is 16.5. The van der Waals surface area contributed by atoms with Gasteiger partial charge in [-0.3, -0.25) is 9.78 Å². The summed E-state index contributed by atoms with van der Waals surface area (Å²) in [5.41, 5.74) is 3.25. The molecule has 160 valence electrons. The molecule has 2 aromatic heterocycles. The van der Waals surface area contributed by atoms with Crippen molar-refractivity contribution in [1.82, 2.24) is 14.9 Å². The molecule has 2 bridgehead atoms. The van der Waals surface area contributed by atoms with E-state index in [9.17, 15) is 4.79 Å². The number of anilines is 1. The van der Waals surface area contributed by atoms with Crippen LogP contribution in [-0.2, 0) is 16.1 Å². The molecule has 0 saturated carbocycles. The van der Waals surface area contributed by atoms with Crippen LogP contribution in [0.15, 0.2) is 54.9 Å². The van der Waals surface area contributed by atoms with Gasteiger partial charge in [0.05, 0.1) is 25.2 Å². The molecule has 2 aliphatic rings. The van der Waals surface area contributed by atoms with Crippen LogP contribution in [0.25, 0.3) is 10.9 Å². The van der Waals surface area contributed by atoms with E-state index in [0.29, 0.717) is 31.7 Å². The van der Waals surface area contributed by atoms with Gasteiger partial charge in [-0.15, -0.1) is 0 Å². The summed E-state index contributed by atoms with van der Waals surface area (Å²) in [6, 6.07) is 15.0. The van der Waals surface area contributed by atoms with Crippen molar-refractivity contribution in [2.45, 2.75) is 44.9 Å². The van der Waals surface area contributed by atoms with Gasteiger partial charge in [0.15, 0.2) is 0 Å². The van der Waals surface area contributed by atoms with Crippen molar-refractivity contribution in [2.24, 2.45) is 0 Å². The molecule has 4 heterocycles. The molecule has 2 fully saturated rings. The first-order valence-corrected chi connectivity index (χ1v) is 11.1. The van der Waals surface area contributed by atoms with E-state index in [0.717, 1.165) is 48.2 Å². The largest absolute Gasteiger partial charge is 0.376 e. The Balaban J connectivity index is 1.14. The number of likely N-dealkylation sites (tertiary alicyclic amines) is 1. The van der Waals surface area contributed by atoms with Gasteiger partial charge in [0.1, 0.15) is 5.82 Å². The van der Waals surface area contributed by atoms with Gasteiger partial charge in [-0.1, -0.05) is 24.3 Å². The summed E-state index contributed by atoms with van der Waals surface area (Å²) in [6.45, 7) is 4.54. The van der Waals surface area contributed by atoms with Crippen LogP contribution in [0.4, 0.5) is 5.82 Å². The number of carbonyl (C=O) groups excluding carboxylic acids is 1. The molecule has 31 heavy (non-hydrogen) atoms. The van der Waals surface area contributed by atoms with Gasteiger partial charge in [-0.2, -0.15) is 0 Å². The summed E-state index contributed by atoms with van der Waals surface area (Å²) in [4.78, 5) is 26.3. The van der Waals surface area contributed by atoms with Crippen molar-refractivity contribution in [1.29, 1.82) is 0 Å². The number of ether oxygens (including phenoxy) is 1. The highest BCUT2D eigenvalue weighted by Crippen LogP contribution is 2.34. The van der Waals surface area contributed by atoms with Crippen molar-refractivity contribution < 1.29 is 9.53 Å². The fourth-order valence-electron chi connectivity index (χ4n) is 4.89. The maximum absolute atomic E-state index is 12.8. The van der Waals surface area contributed by atoms with Crippen LogP contribution in [0.1, 0.15) is 30.4 Å². The van der Waals surface area contributed by atoms with Crippen molar-refractivity contribution in [3.05, 3.63) is 66.0 Å². The maximum Gasteiger partial charge on any atom is 0.225 e. The number of pyridine rings is 2. The third-order valence-corrected chi connectivity index (χ3v) is 6.45. The third-order valence-electron chi connectivity index (χ3n) is 6.45. The van der Waals surface area contributed by atoms with Gasteiger partial charge in [0.2, 0.25) is 5.91 Å². The molecule has 6 heteroatoms. The van der Waals surface area contributed by atoms with E-state index in [1.54, 1.807) is 6.20 Å². The fourth-order valence-corrected chi connectivity index (χ4v) is 4.89. The molecular weight excluding hydrogens is 388 g/mol. The number of fused-ring (bicyclic) bond motifs is 3. The lowest BCUT2D eigenvalue weighted by molar-refractivity contribution is -0.133. The van der Waals surface area contributed by atoms with Gasteiger partial charge in [-0.05, 0) is 49.1 Å². The minimum Gasteiger partial charge on any atom is -0.376 e. The Labute approximate surface area is 182 Å². The van der Waals surface area contributed by atoms with Crippen molar-refractivity contribution in [3.8, 4) is 0 Å². The number of aryl methyl sites for hydroxylation is 1. The molecule has 6 nitrogen and oxygen atoms in total. The minimum absolute atomic E-state index is 0.188. The SMILES string of the molecule is Cc1ccc(N2C3CCC2CN(C(=O)CCOCc2cccc4ncccc24)C3)nc1. The number of amides is 1. The van der Waals surface area contributed by atoms with Crippen LogP contribution in [0, 0.1) is 6.92 Å². The van der Waals surface area contributed by atoms with Gasteiger partial charge in [-0.25, -0.2) is 4.98 Å². The van der Waals surface area contributed by atoms with Crippen LogP contribution >= 0.6 is 0 Å². The van der Waals surface area contributed by atoms with Crippen LogP contribution < -0.4 is 4.90 Å². The zero-order valence-corrected chi connectivity index (χ0v) is 17.9. The first-order chi connectivity index (χ1) is 15.2. The Kier molecular flexibility index (Phi) is 5.55. The molecule has 3 aromatic rings. The molecule has 1 aromatic carbocycles. The molecule has 2 unspecified atom stereocenters. The van der Waals surface area contributed by atoms with E-state index in [2.05, 4.69) is 46.1 Å². The summed E-state index contributed by atoms with van der Waals surface area (Å²) in [6.07, 6.45) is 6.39. The Morgan fingerprint density at radius 2 is 1.90 bits per heavy atom. The lowest BCUT2D eigenvalue weighted by Crippen LogP contribution is -2.55. The number of piperazine rings is 1. The Morgan fingerprint density at radius 3 is 2.68 bits per heavy atom. The van der Waals surface area contributed by atoms with Crippen LogP contribution in [0.3, 0.4) is 0 Å². The first-order valence-electron chi connectivity index (χ1n) is 11.1. The smallest absolute Gasteiger partial charge is 0.225 e. The van der Waals surface area contributed by atoms with Crippen molar-refractivity contribution >= 4 is 22.6 Å². The van der Waals surface area contributed by atoms with Gasteiger partial charge in [0, 0.05) is 43.0 Å². The van der Waals surface area contributed by atoms with Gasteiger partial charge >= 0.3 is 0 Å². The predicted molar refractivity (Wildman–Crippen MR) is 121 cm³/mol. The second kappa shape index (κ2) is 8.63. The maximum atomic E-state index is 12.8. The lowest BCUT2D eigenvalue weighted by Gasteiger charge is -2.41. The molecule has 0 radical (unpaired) electrons. The molecule has 2 saturated heterocycles. The van der Waals surface area contributed by atoms with Crippen molar-refractivity contribution in [3.63, 3.8) is 0 Å². The van der Waals surface area contributed by atoms with E-state index in [-0.39, 0.29) is 5.91 Å². The zero-order valence-electron chi connectivity index (χ0n) is 17.9. The van der Waals surface area contributed by atoms with E-state index < -0.39 is 0 Å². The summed E-state index contributed by atoms with van der Waals surface area (Å²) in [5.74, 6) is 1.23. The summed E-state index contributed by atoms with van der Waals surface area (Å²) >= 11 is 0. The Hall–Kier alpha value is -2.99. The molecule has 5 rings (SSSR count). The predicted octanol–water partition coefficient (Wildman–Crippen LogP) is 3.72. The number of carbonyl (C=O) groups is 1. The average molecular weight is 417 g/mol. The summed E-state index contributed by atoms with van der Waals surface area (Å²) in [5, 5.41) is 1.11. The monoisotopic (exact) mass is 416 g/mol. The van der Waals surface area contributed by atoms with Crippen LogP contribution in [-0.4, -0.2) is 52.6 Å². The fraction of sp³-hybridized carbons (Fsp3) is 0.400. The van der Waals surface area contributed by atoms with E-state index >= 15 is 0 Å². The summed E-state index contributed by atoms with van der Waals surface area (Å²) < 4.78 is 5.86. The topological polar surface area (TPSA) is 58.6 Å². The number of aromatic nitrogens is 2. The number of nitrogens with zero attached hydrogens (tertiary/aromatic N) is 4. The second-order valence-corrected chi connectivity index (χ2v) is 8.57. The molecule has 2 atom stereocenters. The molecule has 1 amide bonds. The highest BCUT2D eigenvalue weighted by molar-refractivity contribution is 5.81. The summed E-state index contributed by atoms with van der Waals surface area (Å²) in [7, 11) is 0. The third kappa shape index (κ3) is 4.12. The normalized spacial score (nSPS) is 20.4. The molecule has 0 spiro atoms. The Bertz CT molecular complexity index is 1050. The molecule has 2 aliphatic heterocycles. The van der Waals surface area contributed by atoms with Crippen LogP contribution in [0.5, 0.6) is 0 Å². The number of rotatable bonds is 6. The molecular formula is C25H28N4O2. The standard InChI is InChI=1S/C25H28N4O2/c1-18-7-10-24(27-14-18)29-20-8-9-21(29)16-28(15-20)25(30)11-13-31-17-19-4-2-6-23-22(19)5-3-12-26-23/h2-7,10,12,14,20-21H,8-9,11,13,15-17H2,1H3. The van der Waals surface area contributed by atoms with E-state index in [1.807, 2.05) is 29.3 Å². The second-order valence-electron chi connectivity index (χ2n) is 8.57. The van der Waals surface area contributed by atoms with Gasteiger partial charge in [0.25, 0.3) is 0 Å². The lowest BCUT2D eigenvalue weighted by atomic mass is 10.1. The minimum atomic E-state index is 0.188. The molecule has 0 aliphatic carbocycles. The number of hydrogen-bond donors (Lipinski definition) is 0. The van der Waals surface area contributed by atoms with Crippen molar-refractivity contribution in [2.75, 3.05) is 24.6 Å². The number of benzene rings is 1.